The molecule has 21 heavy (non-hydrogen) atoms. The summed E-state index contributed by atoms with van der Waals surface area (Å²) in [4.78, 5) is 14.8. The third-order valence-corrected chi connectivity index (χ3v) is 3.99. The Balaban J connectivity index is 2.08. The van der Waals surface area contributed by atoms with Gasteiger partial charge in [-0.25, -0.2) is 0 Å². The summed E-state index contributed by atoms with van der Waals surface area (Å²) in [6.07, 6.45) is 4.69. The molecule has 1 aromatic carbocycles. The normalized spacial score (nSPS) is 14.0. The smallest absolute Gasteiger partial charge is 0.254 e. The molecule has 0 heterocycles. The summed E-state index contributed by atoms with van der Waals surface area (Å²) in [6, 6.07) is 6.09. The van der Waals surface area contributed by atoms with E-state index in [4.69, 9.17) is 0 Å². The van der Waals surface area contributed by atoms with Gasteiger partial charge in [0.2, 0.25) is 0 Å². The van der Waals surface area contributed by atoms with Gasteiger partial charge in [0, 0.05) is 30.9 Å². The van der Waals surface area contributed by atoms with E-state index in [1.165, 1.54) is 12.8 Å². The first-order valence-corrected chi connectivity index (χ1v) is 8.29. The summed E-state index contributed by atoms with van der Waals surface area (Å²) >= 11 is 0. The molecule has 0 spiro atoms. The molecule has 3 nitrogen and oxygen atoms in total. The number of benzene rings is 1. The molecule has 1 aliphatic carbocycles. The van der Waals surface area contributed by atoms with Crippen molar-refractivity contribution in [3.05, 3.63) is 29.3 Å². The van der Waals surface area contributed by atoms with Crippen LogP contribution in [-0.2, 0) is 0 Å². The standard InChI is InChI=1S/C18H28N2O/c1-4-10-19-16-8-9-17(14(3)12-16)18(21)20(11-5-2)13-15-6-7-15/h8-9,12,15,19H,4-7,10-11,13H2,1-3H3. The molecule has 1 N–H and O–H groups in total. The summed E-state index contributed by atoms with van der Waals surface area (Å²) in [5, 5.41) is 3.37. The van der Waals surface area contributed by atoms with Crippen LogP contribution in [0.25, 0.3) is 0 Å². The SMILES string of the molecule is CCCNc1ccc(C(=O)N(CCC)CC2CC2)c(C)c1. The van der Waals surface area contributed by atoms with Crippen molar-refractivity contribution in [1.29, 1.82) is 0 Å². The number of hydrogen-bond acceptors (Lipinski definition) is 2. The van der Waals surface area contributed by atoms with E-state index in [9.17, 15) is 4.79 Å². The van der Waals surface area contributed by atoms with Crippen LogP contribution in [0.4, 0.5) is 5.69 Å². The van der Waals surface area contributed by atoms with E-state index in [2.05, 4.69) is 25.2 Å². The minimum Gasteiger partial charge on any atom is -0.385 e. The highest BCUT2D eigenvalue weighted by atomic mass is 16.2. The molecule has 116 valence electrons. The van der Waals surface area contributed by atoms with Crippen LogP contribution >= 0.6 is 0 Å². The molecule has 1 aromatic rings. The lowest BCUT2D eigenvalue weighted by Crippen LogP contribution is -2.34. The van der Waals surface area contributed by atoms with Crippen LogP contribution in [0.3, 0.4) is 0 Å². The lowest BCUT2D eigenvalue weighted by molar-refractivity contribution is 0.0747. The van der Waals surface area contributed by atoms with Gasteiger partial charge in [-0.1, -0.05) is 13.8 Å². The van der Waals surface area contributed by atoms with Crippen LogP contribution < -0.4 is 5.32 Å². The summed E-state index contributed by atoms with van der Waals surface area (Å²) in [7, 11) is 0. The van der Waals surface area contributed by atoms with Gasteiger partial charge in [-0.2, -0.15) is 0 Å². The second kappa shape index (κ2) is 7.48. The van der Waals surface area contributed by atoms with Gasteiger partial charge >= 0.3 is 0 Å². The first-order valence-electron chi connectivity index (χ1n) is 8.29. The number of hydrogen-bond donors (Lipinski definition) is 1. The van der Waals surface area contributed by atoms with Crippen LogP contribution in [-0.4, -0.2) is 30.4 Å². The van der Waals surface area contributed by atoms with Gasteiger partial charge in [-0.3, -0.25) is 4.79 Å². The van der Waals surface area contributed by atoms with Gasteiger partial charge in [0.1, 0.15) is 0 Å². The van der Waals surface area contributed by atoms with E-state index in [1.807, 2.05) is 24.0 Å². The Hall–Kier alpha value is -1.51. The Morgan fingerprint density at radius 1 is 1.29 bits per heavy atom. The maximum atomic E-state index is 12.7. The third-order valence-electron chi connectivity index (χ3n) is 3.99. The van der Waals surface area contributed by atoms with Gasteiger partial charge in [-0.05, 0) is 62.3 Å². The maximum Gasteiger partial charge on any atom is 0.254 e. The average molecular weight is 288 g/mol. The first-order chi connectivity index (χ1) is 10.2. The zero-order chi connectivity index (χ0) is 15.2. The van der Waals surface area contributed by atoms with Crippen LogP contribution in [0.1, 0.15) is 55.5 Å². The van der Waals surface area contributed by atoms with Crippen molar-refractivity contribution in [1.82, 2.24) is 4.90 Å². The van der Waals surface area contributed by atoms with Gasteiger partial charge in [-0.15, -0.1) is 0 Å². The topological polar surface area (TPSA) is 32.3 Å². The second-order valence-corrected chi connectivity index (χ2v) is 6.15. The van der Waals surface area contributed by atoms with Gasteiger partial charge in [0.25, 0.3) is 5.91 Å². The summed E-state index contributed by atoms with van der Waals surface area (Å²) in [6.45, 7) is 9.09. The summed E-state index contributed by atoms with van der Waals surface area (Å²) < 4.78 is 0. The lowest BCUT2D eigenvalue weighted by Gasteiger charge is -2.23. The number of nitrogens with zero attached hydrogens (tertiary/aromatic N) is 1. The van der Waals surface area contributed by atoms with Crippen LogP contribution in [0.2, 0.25) is 0 Å². The van der Waals surface area contributed by atoms with Crippen LogP contribution in [0.15, 0.2) is 18.2 Å². The van der Waals surface area contributed by atoms with E-state index < -0.39 is 0 Å². The van der Waals surface area contributed by atoms with E-state index in [0.29, 0.717) is 0 Å². The summed E-state index contributed by atoms with van der Waals surface area (Å²) in [5.41, 5.74) is 3.03. The molecule has 0 aromatic heterocycles. The molecule has 1 aliphatic rings. The van der Waals surface area contributed by atoms with Crippen molar-refractivity contribution < 1.29 is 4.79 Å². The number of carbonyl (C=O) groups excluding carboxylic acids is 1. The molecular weight excluding hydrogens is 260 g/mol. The maximum absolute atomic E-state index is 12.7. The Kier molecular flexibility index (Phi) is 5.66. The zero-order valence-corrected chi connectivity index (χ0v) is 13.6. The highest BCUT2D eigenvalue weighted by Crippen LogP contribution is 2.30. The van der Waals surface area contributed by atoms with E-state index >= 15 is 0 Å². The number of rotatable bonds is 8. The lowest BCUT2D eigenvalue weighted by atomic mass is 10.1. The predicted octanol–water partition coefficient (Wildman–Crippen LogP) is 4.08. The van der Waals surface area contributed by atoms with Crippen molar-refractivity contribution in [3.8, 4) is 0 Å². The fraction of sp³-hybridized carbons (Fsp3) is 0.611. The molecule has 2 rings (SSSR count). The Bertz CT molecular complexity index is 480. The second-order valence-electron chi connectivity index (χ2n) is 6.15. The third kappa shape index (κ3) is 4.48. The van der Waals surface area contributed by atoms with Crippen LogP contribution in [0.5, 0.6) is 0 Å². The van der Waals surface area contributed by atoms with Crippen molar-refractivity contribution >= 4 is 11.6 Å². The molecule has 1 fully saturated rings. The predicted molar refractivity (Wildman–Crippen MR) is 88.9 cm³/mol. The van der Waals surface area contributed by atoms with Gasteiger partial charge in [0.05, 0.1) is 0 Å². The Morgan fingerprint density at radius 3 is 2.62 bits per heavy atom. The highest BCUT2D eigenvalue weighted by Gasteiger charge is 2.27. The monoisotopic (exact) mass is 288 g/mol. The van der Waals surface area contributed by atoms with E-state index in [-0.39, 0.29) is 5.91 Å². The molecule has 0 aliphatic heterocycles. The Morgan fingerprint density at radius 2 is 2.05 bits per heavy atom. The van der Waals surface area contributed by atoms with Gasteiger partial charge in [0.15, 0.2) is 0 Å². The molecule has 0 radical (unpaired) electrons. The number of amides is 1. The quantitative estimate of drug-likeness (QED) is 0.781. The van der Waals surface area contributed by atoms with Crippen molar-refractivity contribution in [2.24, 2.45) is 5.92 Å². The number of aryl methyl sites for hydroxylation is 1. The molecular formula is C18H28N2O. The van der Waals surface area contributed by atoms with Crippen LogP contribution in [0, 0.1) is 12.8 Å². The molecule has 0 atom stereocenters. The first kappa shape index (κ1) is 15.9. The van der Waals surface area contributed by atoms with Gasteiger partial charge < -0.3 is 10.2 Å². The highest BCUT2D eigenvalue weighted by molar-refractivity contribution is 5.96. The number of carbonyl (C=O) groups is 1. The fourth-order valence-corrected chi connectivity index (χ4v) is 2.61. The fourth-order valence-electron chi connectivity index (χ4n) is 2.61. The molecule has 0 unspecified atom stereocenters. The minimum atomic E-state index is 0.197. The molecule has 1 saturated carbocycles. The van der Waals surface area contributed by atoms with Crippen molar-refractivity contribution in [2.45, 2.75) is 46.5 Å². The summed E-state index contributed by atoms with van der Waals surface area (Å²) in [5.74, 6) is 0.939. The number of nitrogens with one attached hydrogen (secondary N) is 1. The number of anilines is 1. The van der Waals surface area contributed by atoms with E-state index in [0.717, 1.165) is 55.2 Å². The molecule has 0 saturated heterocycles. The van der Waals surface area contributed by atoms with Crippen molar-refractivity contribution in [3.63, 3.8) is 0 Å². The zero-order valence-electron chi connectivity index (χ0n) is 13.6. The Labute approximate surface area is 128 Å². The minimum absolute atomic E-state index is 0.197. The van der Waals surface area contributed by atoms with Crippen molar-refractivity contribution in [2.75, 3.05) is 25.0 Å². The molecule has 0 bridgehead atoms. The molecule has 3 heteroatoms. The molecule has 1 amide bonds. The van der Waals surface area contributed by atoms with E-state index in [1.54, 1.807) is 0 Å². The largest absolute Gasteiger partial charge is 0.385 e. The average Bonchev–Trinajstić information content (AvgIpc) is 3.28.